The largest absolute Gasteiger partial charge is 0.484 e. The number of Topliss-reactive ketones (excluding diaryl/α,β-unsaturated/α-hetero) is 1. The summed E-state index contributed by atoms with van der Waals surface area (Å²) in [5, 5.41) is 29.2. The summed E-state index contributed by atoms with van der Waals surface area (Å²) >= 11 is 0. The van der Waals surface area contributed by atoms with Crippen LogP contribution < -0.4 is 0 Å². The van der Waals surface area contributed by atoms with Crippen LogP contribution in [-0.4, -0.2) is 56.5 Å². The molecule has 0 unspecified atom stereocenters. The summed E-state index contributed by atoms with van der Waals surface area (Å²) in [7, 11) is 0. The number of carbonyl (C=O) groups is 3. The van der Waals surface area contributed by atoms with E-state index >= 15 is 0 Å². The number of aliphatic hydroxyl groups is 2. The first-order valence-corrected chi connectivity index (χ1v) is 9.00. The fourth-order valence-corrected chi connectivity index (χ4v) is 4.29. The first kappa shape index (κ1) is 19.6. The number of carboxylic acids is 1. The summed E-state index contributed by atoms with van der Waals surface area (Å²) in [6.45, 7) is 5.07. The van der Waals surface area contributed by atoms with Gasteiger partial charge in [0, 0.05) is 24.8 Å². The van der Waals surface area contributed by atoms with Gasteiger partial charge < -0.3 is 24.8 Å². The van der Waals surface area contributed by atoms with Crippen molar-refractivity contribution in [3.05, 3.63) is 23.5 Å². The van der Waals surface area contributed by atoms with Crippen molar-refractivity contribution >= 4 is 17.7 Å². The van der Waals surface area contributed by atoms with Gasteiger partial charge >= 0.3 is 11.9 Å². The summed E-state index contributed by atoms with van der Waals surface area (Å²) in [5.74, 6) is -3.47. The lowest BCUT2D eigenvalue weighted by atomic mass is 9.59. The Hall–Kier alpha value is -2.19. The highest BCUT2D eigenvalue weighted by molar-refractivity contribution is 6.19. The molecule has 3 fully saturated rings. The fraction of sp³-hybridized carbons (Fsp3) is 0.632. The van der Waals surface area contributed by atoms with Crippen LogP contribution in [0.15, 0.2) is 23.5 Å². The number of aliphatic carboxylic acids is 1. The molecule has 148 valence electrons. The lowest BCUT2D eigenvalue weighted by molar-refractivity contribution is -0.262. The number of carbonyl (C=O) groups excluding carboxylic acids is 2. The Morgan fingerprint density at radius 1 is 1.37 bits per heavy atom. The topological polar surface area (TPSA) is 130 Å². The highest BCUT2D eigenvalue weighted by atomic mass is 16.6. The van der Waals surface area contributed by atoms with E-state index in [0.29, 0.717) is 6.42 Å². The van der Waals surface area contributed by atoms with Crippen molar-refractivity contribution in [2.75, 3.05) is 0 Å². The SMILES string of the molecule is C[C@H](O)CCC(=O)C1=C2O[C@@]3(C)[C@@H](C)C[C@]2(OC1=O)[C@@H](/C=C/C(=O)O)[C@@H]3O. The molecule has 27 heavy (non-hydrogen) atoms. The van der Waals surface area contributed by atoms with E-state index in [1.54, 1.807) is 13.8 Å². The number of esters is 1. The third kappa shape index (κ3) is 2.87. The molecule has 8 nitrogen and oxygen atoms in total. The number of hydrogen-bond donors (Lipinski definition) is 3. The third-order valence-corrected chi connectivity index (χ3v) is 5.98. The van der Waals surface area contributed by atoms with Crippen molar-refractivity contribution in [3.63, 3.8) is 0 Å². The summed E-state index contributed by atoms with van der Waals surface area (Å²) in [5.41, 5.74) is -2.68. The Kier molecular flexibility index (Phi) is 4.68. The van der Waals surface area contributed by atoms with E-state index in [1.807, 2.05) is 6.92 Å². The molecule has 0 aromatic rings. The van der Waals surface area contributed by atoms with E-state index in [0.717, 1.165) is 6.08 Å². The molecule has 3 heterocycles. The minimum atomic E-state index is -1.39. The summed E-state index contributed by atoms with van der Waals surface area (Å²) < 4.78 is 11.6. The Bertz CT molecular complexity index is 751. The van der Waals surface area contributed by atoms with Crippen LogP contribution in [0.5, 0.6) is 0 Å². The first-order valence-electron chi connectivity index (χ1n) is 9.00. The monoisotopic (exact) mass is 380 g/mol. The Labute approximate surface area is 156 Å². The lowest BCUT2D eigenvalue weighted by Crippen LogP contribution is -2.69. The van der Waals surface area contributed by atoms with Crippen LogP contribution in [-0.2, 0) is 23.9 Å². The molecular weight excluding hydrogens is 356 g/mol. The molecule has 6 atom stereocenters. The zero-order valence-corrected chi connectivity index (χ0v) is 15.5. The van der Waals surface area contributed by atoms with Crippen molar-refractivity contribution in [3.8, 4) is 0 Å². The van der Waals surface area contributed by atoms with Gasteiger partial charge in [-0.1, -0.05) is 13.0 Å². The van der Waals surface area contributed by atoms with Gasteiger partial charge in [0.15, 0.2) is 17.1 Å². The van der Waals surface area contributed by atoms with Crippen LogP contribution in [0.4, 0.5) is 0 Å². The third-order valence-electron chi connectivity index (χ3n) is 5.98. The number of rotatable bonds is 6. The molecule has 1 saturated carbocycles. The average molecular weight is 380 g/mol. The van der Waals surface area contributed by atoms with E-state index in [1.165, 1.54) is 6.08 Å². The number of ketones is 1. The van der Waals surface area contributed by atoms with Gasteiger partial charge in [-0.05, 0) is 20.3 Å². The number of aliphatic hydroxyl groups excluding tert-OH is 2. The average Bonchev–Trinajstić information content (AvgIpc) is 2.83. The molecule has 4 aliphatic rings. The standard InChI is InChI=1S/C19H24O8/c1-9-8-19-11(5-7-13(22)23)15(24)18(9,3)26-16(19)14(17(25)27-19)12(21)6-4-10(2)20/h5,7,9-11,15,20,24H,4,6,8H2,1-3H3,(H,22,23)/b7-5+/t9-,10-,11-,15-,18-,19-/m0/s1. The molecule has 0 radical (unpaired) electrons. The Morgan fingerprint density at radius 3 is 2.63 bits per heavy atom. The number of ether oxygens (including phenoxy) is 2. The Balaban J connectivity index is 2.08. The molecule has 0 aromatic carbocycles. The smallest absolute Gasteiger partial charge is 0.346 e. The molecule has 2 bridgehead atoms. The molecule has 1 aliphatic carbocycles. The predicted octanol–water partition coefficient (Wildman–Crippen LogP) is 0.713. The van der Waals surface area contributed by atoms with Gasteiger partial charge in [-0.3, -0.25) is 4.79 Å². The van der Waals surface area contributed by atoms with E-state index in [2.05, 4.69) is 0 Å². The molecular formula is C19H24O8. The van der Waals surface area contributed by atoms with Gasteiger partial charge in [-0.15, -0.1) is 0 Å². The van der Waals surface area contributed by atoms with E-state index in [9.17, 15) is 24.6 Å². The number of fused-ring (bicyclic) bond motifs is 2. The highest BCUT2D eigenvalue weighted by Crippen LogP contribution is 2.60. The lowest BCUT2D eigenvalue weighted by Gasteiger charge is -2.59. The molecule has 8 heteroatoms. The molecule has 1 spiro atoms. The van der Waals surface area contributed by atoms with E-state index in [-0.39, 0.29) is 30.1 Å². The molecule has 3 aliphatic heterocycles. The first-order chi connectivity index (χ1) is 12.5. The van der Waals surface area contributed by atoms with Gasteiger partial charge in [0.1, 0.15) is 17.3 Å². The van der Waals surface area contributed by atoms with Crippen LogP contribution in [0, 0.1) is 11.8 Å². The molecule has 3 N–H and O–H groups in total. The second kappa shape index (κ2) is 6.45. The molecule has 0 aromatic heterocycles. The van der Waals surface area contributed by atoms with Gasteiger partial charge in [0.25, 0.3) is 0 Å². The van der Waals surface area contributed by atoms with Crippen molar-refractivity contribution < 1.29 is 39.2 Å². The molecule has 4 rings (SSSR count). The van der Waals surface area contributed by atoms with Crippen molar-refractivity contribution in [1.29, 1.82) is 0 Å². The predicted molar refractivity (Wildman–Crippen MR) is 91.3 cm³/mol. The van der Waals surface area contributed by atoms with Crippen molar-refractivity contribution in [1.82, 2.24) is 0 Å². The quantitative estimate of drug-likeness (QED) is 0.349. The minimum absolute atomic E-state index is 0.0461. The van der Waals surface area contributed by atoms with Gasteiger partial charge in [0.05, 0.1) is 12.0 Å². The van der Waals surface area contributed by atoms with Gasteiger partial charge in [-0.2, -0.15) is 0 Å². The van der Waals surface area contributed by atoms with Gasteiger partial charge in [-0.25, -0.2) is 9.59 Å². The Morgan fingerprint density at radius 2 is 2.04 bits per heavy atom. The summed E-state index contributed by atoms with van der Waals surface area (Å²) in [6.07, 6.45) is 0.847. The second-order valence-electron chi connectivity index (χ2n) is 7.85. The van der Waals surface area contributed by atoms with Crippen LogP contribution in [0.25, 0.3) is 0 Å². The van der Waals surface area contributed by atoms with Gasteiger partial charge in [0.2, 0.25) is 0 Å². The molecule has 2 saturated heterocycles. The van der Waals surface area contributed by atoms with Crippen LogP contribution in [0.1, 0.15) is 40.0 Å². The normalized spacial score (nSPS) is 38.6. The maximum atomic E-state index is 12.6. The minimum Gasteiger partial charge on any atom is -0.484 e. The van der Waals surface area contributed by atoms with Crippen LogP contribution in [0.3, 0.4) is 0 Å². The maximum absolute atomic E-state index is 12.6. The second-order valence-corrected chi connectivity index (χ2v) is 7.85. The van der Waals surface area contributed by atoms with E-state index < -0.39 is 47.0 Å². The highest BCUT2D eigenvalue weighted by Gasteiger charge is 2.70. The number of hydrogen-bond acceptors (Lipinski definition) is 7. The van der Waals surface area contributed by atoms with Crippen molar-refractivity contribution in [2.24, 2.45) is 11.8 Å². The summed E-state index contributed by atoms with van der Waals surface area (Å²) in [4.78, 5) is 36.1. The zero-order valence-electron chi connectivity index (χ0n) is 15.5. The van der Waals surface area contributed by atoms with E-state index in [4.69, 9.17) is 14.6 Å². The zero-order chi connectivity index (χ0) is 20.1. The fourth-order valence-electron chi connectivity index (χ4n) is 4.29. The molecule has 0 amide bonds. The maximum Gasteiger partial charge on any atom is 0.346 e. The summed E-state index contributed by atoms with van der Waals surface area (Å²) in [6, 6.07) is 0. The van der Waals surface area contributed by atoms with Crippen LogP contribution >= 0.6 is 0 Å². The van der Waals surface area contributed by atoms with Crippen LogP contribution in [0.2, 0.25) is 0 Å². The van der Waals surface area contributed by atoms with Crippen molar-refractivity contribution in [2.45, 2.75) is 63.4 Å². The number of carboxylic acid groups (broad SMARTS) is 1.